The molecule has 0 saturated heterocycles. The quantitative estimate of drug-likeness (QED) is 0.599. The van der Waals surface area contributed by atoms with Crippen molar-refractivity contribution < 1.29 is 3.79 Å². The average Bonchev–Trinajstić information content (AvgIpc) is 2.67. The second kappa shape index (κ2) is 3.46. The van der Waals surface area contributed by atoms with Crippen LogP contribution in [0.1, 0.15) is 0 Å². The van der Waals surface area contributed by atoms with Crippen LogP contribution in [0.2, 0.25) is 0 Å². The van der Waals surface area contributed by atoms with Gasteiger partial charge in [-0.2, -0.15) is 0 Å². The Morgan fingerprint density at radius 2 is 2.13 bits per heavy atom. The van der Waals surface area contributed by atoms with E-state index in [1.54, 1.807) is 23.7 Å². The van der Waals surface area contributed by atoms with Crippen LogP contribution < -0.4 is 3.79 Å². The summed E-state index contributed by atoms with van der Waals surface area (Å²) in [4.78, 5) is 9.68. The van der Waals surface area contributed by atoms with Gasteiger partial charge in [-0.05, 0) is 18.2 Å². The van der Waals surface area contributed by atoms with Gasteiger partial charge in [-0.25, -0.2) is 4.98 Å². The van der Waals surface area contributed by atoms with Gasteiger partial charge in [0.25, 0.3) is 0 Å². The van der Waals surface area contributed by atoms with Crippen LogP contribution in [0.4, 0.5) is 0 Å². The summed E-state index contributed by atoms with van der Waals surface area (Å²) in [5, 5.41) is 1.02. The first-order chi connectivity index (χ1) is 7.40. The van der Waals surface area contributed by atoms with Gasteiger partial charge in [0.1, 0.15) is 4.83 Å². The van der Waals surface area contributed by atoms with E-state index in [2.05, 4.69) is 16.0 Å². The Morgan fingerprint density at radius 3 is 3.00 bits per heavy atom. The Morgan fingerprint density at radius 1 is 1.20 bits per heavy atom. The first-order valence-electron chi connectivity index (χ1n) is 4.44. The van der Waals surface area contributed by atoms with Crippen molar-refractivity contribution in [2.45, 2.75) is 0 Å². The van der Waals surface area contributed by atoms with Crippen LogP contribution in [-0.2, 0) is 0 Å². The van der Waals surface area contributed by atoms with Gasteiger partial charge in [0.15, 0.2) is 0 Å². The molecule has 0 amide bonds. The number of hydrogen-bond acceptors (Lipinski definition) is 4. The van der Waals surface area contributed by atoms with Gasteiger partial charge in [0, 0.05) is 12.4 Å². The molecule has 0 aromatic carbocycles. The minimum absolute atomic E-state index is 0.850. The molecule has 5 heteroatoms. The summed E-state index contributed by atoms with van der Waals surface area (Å²) < 4.78 is 6.49. The van der Waals surface area contributed by atoms with Crippen LogP contribution in [0.25, 0.3) is 20.4 Å². The van der Waals surface area contributed by atoms with Crippen molar-refractivity contribution >= 4 is 48.4 Å². The molecule has 1 radical (unpaired) electrons. The van der Waals surface area contributed by atoms with Crippen molar-refractivity contribution in [1.29, 1.82) is 0 Å². The molecule has 3 aromatic heterocycles. The van der Waals surface area contributed by atoms with Crippen molar-refractivity contribution in [3.05, 3.63) is 30.6 Å². The fourth-order valence-corrected chi connectivity index (χ4v) is 2.87. The van der Waals surface area contributed by atoms with E-state index in [0.717, 1.165) is 26.2 Å². The molecule has 0 aliphatic heterocycles. The maximum Gasteiger partial charge on any atom is 0.494 e. The smallest absolute Gasteiger partial charge is 0.494 e. The molecule has 0 unspecified atom stereocenters. The molecule has 15 heavy (non-hydrogen) atoms. The molecule has 0 fully saturated rings. The lowest BCUT2D eigenvalue weighted by Gasteiger charge is -2.02. The summed E-state index contributed by atoms with van der Waals surface area (Å²) in [7, 11) is 0. The van der Waals surface area contributed by atoms with Crippen molar-refractivity contribution in [3.8, 4) is 5.75 Å². The zero-order chi connectivity index (χ0) is 10.3. The largest absolute Gasteiger partial charge is 0.650 e. The zero-order valence-corrected chi connectivity index (χ0v) is 10.0. The van der Waals surface area contributed by atoms with E-state index < -0.39 is 0 Å². The lowest BCUT2D eigenvalue weighted by Crippen LogP contribution is -1.86. The fraction of sp³-hybridized carbons (Fsp3) is 0. The molecule has 0 saturated carbocycles. The lowest BCUT2D eigenvalue weighted by atomic mass is 10.2. The second-order valence-electron chi connectivity index (χ2n) is 3.09. The van der Waals surface area contributed by atoms with Crippen LogP contribution in [0.3, 0.4) is 0 Å². The second-order valence-corrected chi connectivity index (χ2v) is 4.41. The first-order valence-corrected chi connectivity index (χ1v) is 5.84. The van der Waals surface area contributed by atoms with Gasteiger partial charge in [-0.3, -0.25) is 4.98 Å². The zero-order valence-electron chi connectivity index (χ0n) is 7.80. The van der Waals surface area contributed by atoms with Crippen LogP contribution >= 0.6 is 11.3 Å². The minimum atomic E-state index is 0.850. The van der Waals surface area contributed by atoms with Gasteiger partial charge >= 0.3 is 16.6 Å². The van der Waals surface area contributed by atoms with Crippen molar-refractivity contribution in [1.82, 2.24) is 9.97 Å². The van der Waals surface area contributed by atoms with Crippen molar-refractivity contribution in [2.24, 2.45) is 0 Å². The maximum atomic E-state index is 5.35. The summed E-state index contributed by atoms with van der Waals surface area (Å²) in [6.07, 6.45) is 3.56. The van der Waals surface area contributed by atoms with Gasteiger partial charge in [-0.1, -0.05) is 0 Å². The molecule has 0 N–H and O–H groups in total. The molecule has 0 spiro atoms. The number of aromatic nitrogens is 2. The topological polar surface area (TPSA) is 35.0 Å². The van der Waals surface area contributed by atoms with Gasteiger partial charge in [0.2, 0.25) is 0 Å². The highest BCUT2D eigenvalue weighted by molar-refractivity contribution is 7.25. The molecule has 3 nitrogen and oxygen atoms in total. The molecular weight excluding hydrogens is 223 g/mol. The Balaban J connectivity index is 2.56. The Labute approximate surface area is 98.5 Å². The molecule has 0 aliphatic rings. The number of rotatable bonds is 1. The van der Waals surface area contributed by atoms with E-state index >= 15 is 0 Å². The number of hydrogen-bond donors (Lipinski definition) is 0. The maximum absolute atomic E-state index is 5.35. The van der Waals surface area contributed by atoms with Crippen LogP contribution in [0, 0.1) is 0 Å². The molecule has 0 bridgehead atoms. The van der Waals surface area contributed by atoms with Gasteiger partial charge < -0.3 is 3.79 Å². The third-order valence-corrected chi connectivity index (χ3v) is 3.61. The number of pyridine rings is 2. The van der Waals surface area contributed by atoms with Gasteiger partial charge in [0.05, 0.1) is 21.4 Å². The average molecular weight is 229 g/mol. The molecule has 3 heterocycles. The summed E-state index contributed by atoms with van der Waals surface area (Å²) in [6, 6.07) is 5.86. The van der Waals surface area contributed by atoms with Crippen molar-refractivity contribution in [3.63, 3.8) is 0 Å². The molecule has 3 aromatic rings. The highest BCUT2D eigenvalue weighted by Crippen LogP contribution is 2.36. The first kappa shape index (κ1) is 9.11. The van der Waals surface area contributed by atoms with E-state index in [-0.39, 0.29) is 0 Å². The fourth-order valence-electron chi connectivity index (χ4n) is 1.61. The normalized spacial score (nSPS) is 10.9. The van der Waals surface area contributed by atoms with Gasteiger partial charge in [-0.15, -0.1) is 11.3 Å². The van der Waals surface area contributed by atoms with Crippen molar-refractivity contribution in [2.75, 3.05) is 0 Å². The Bertz CT molecular complexity index is 637. The highest BCUT2D eigenvalue weighted by atomic mass is 32.1. The number of fused-ring (bicyclic) bond motifs is 3. The SMILES string of the molecule is [AlH][O]c1ccnc2sc3cccnc3c12. The third kappa shape index (κ3) is 1.32. The standard InChI is InChI=1S/C10H6N2OS.Al.H/c13-6-3-5-12-10-8(6)9-7(14-10)2-1-4-11-9;;/h1-5H,(H,12,13);;/q;+1;/p-1. The predicted molar refractivity (Wildman–Crippen MR) is 62.7 cm³/mol. The summed E-state index contributed by atoms with van der Waals surface area (Å²) >= 11 is 3.11. The van der Waals surface area contributed by atoms with Crippen LogP contribution in [0.15, 0.2) is 30.6 Å². The third-order valence-electron chi connectivity index (χ3n) is 2.25. The van der Waals surface area contributed by atoms with E-state index in [9.17, 15) is 0 Å². The van der Waals surface area contributed by atoms with E-state index in [1.165, 1.54) is 16.6 Å². The molecule has 0 atom stereocenters. The van der Waals surface area contributed by atoms with E-state index in [0.29, 0.717) is 0 Å². The van der Waals surface area contributed by atoms with Crippen LogP contribution in [0.5, 0.6) is 5.75 Å². The number of nitrogens with zero attached hydrogens (tertiary/aromatic N) is 2. The highest BCUT2D eigenvalue weighted by Gasteiger charge is 2.10. The molecule has 71 valence electrons. The Kier molecular flexibility index (Phi) is 2.10. The lowest BCUT2D eigenvalue weighted by molar-refractivity contribution is 0.623. The Hall–Kier alpha value is -1.15. The summed E-state index contributed by atoms with van der Waals surface area (Å²) in [6.45, 7) is 0. The van der Waals surface area contributed by atoms with E-state index in [4.69, 9.17) is 3.79 Å². The summed E-state index contributed by atoms with van der Waals surface area (Å²) in [5.41, 5.74) is 0.979. The number of thiophene rings is 1. The van der Waals surface area contributed by atoms with Crippen LogP contribution in [-0.4, -0.2) is 26.6 Å². The summed E-state index contributed by atoms with van der Waals surface area (Å²) in [5.74, 6) is 0.850. The minimum Gasteiger partial charge on any atom is -0.650 e. The predicted octanol–water partition coefficient (Wildman–Crippen LogP) is 2.04. The molecule has 3 rings (SSSR count). The molecule has 0 aliphatic carbocycles. The monoisotopic (exact) mass is 229 g/mol. The molecular formula is C10H6AlN2OS. The van der Waals surface area contributed by atoms with E-state index in [1.807, 2.05) is 12.1 Å².